The van der Waals surface area contributed by atoms with Gasteiger partial charge in [-0.15, -0.1) is 0 Å². The lowest BCUT2D eigenvalue weighted by atomic mass is 10.0. The van der Waals surface area contributed by atoms with E-state index in [-0.39, 0.29) is 18.7 Å². The molecule has 2 atom stereocenters. The molecular formula is C13H20ClNO. The number of hydrogen-bond acceptors (Lipinski definition) is 2. The van der Waals surface area contributed by atoms with Crippen LogP contribution in [0.3, 0.4) is 0 Å². The smallest absolute Gasteiger partial charge is 0.0587 e. The molecule has 1 aromatic carbocycles. The van der Waals surface area contributed by atoms with Crippen LogP contribution in [0.15, 0.2) is 24.3 Å². The Bertz CT molecular complexity index is 327. The monoisotopic (exact) mass is 241 g/mol. The quantitative estimate of drug-likeness (QED) is 0.831. The Hall–Kier alpha value is -0.570. The van der Waals surface area contributed by atoms with Crippen molar-refractivity contribution in [2.75, 3.05) is 6.61 Å². The number of aliphatic hydroxyl groups is 1. The summed E-state index contributed by atoms with van der Waals surface area (Å²) < 4.78 is 0. The molecule has 0 bridgehead atoms. The molecule has 3 heteroatoms. The summed E-state index contributed by atoms with van der Waals surface area (Å²) >= 11 is 5.94. The van der Waals surface area contributed by atoms with Gasteiger partial charge in [0.1, 0.15) is 0 Å². The first kappa shape index (κ1) is 13.5. The predicted octanol–water partition coefficient (Wildman–Crippen LogP) is 3.01. The summed E-state index contributed by atoms with van der Waals surface area (Å²) in [5.74, 6) is 0.409. The van der Waals surface area contributed by atoms with Gasteiger partial charge in [-0.1, -0.05) is 37.6 Å². The van der Waals surface area contributed by atoms with E-state index in [2.05, 4.69) is 26.1 Å². The zero-order valence-corrected chi connectivity index (χ0v) is 10.8. The second-order valence-electron chi connectivity index (χ2n) is 4.48. The van der Waals surface area contributed by atoms with Crippen LogP contribution in [-0.2, 0) is 0 Å². The van der Waals surface area contributed by atoms with Crippen LogP contribution in [0.25, 0.3) is 0 Å². The highest BCUT2D eigenvalue weighted by Crippen LogP contribution is 2.18. The molecule has 0 fully saturated rings. The number of aliphatic hydroxyl groups excluding tert-OH is 1. The SMILES string of the molecule is CC(N[C@H](CO)C(C)C)c1cccc(Cl)c1. The molecule has 0 saturated heterocycles. The highest BCUT2D eigenvalue weighted by atomic mass is 35.5. The Balaban J connectivity index is 2.67. The molecule has 2 nitrogen and oxygen atoms in total. The van der Waals surface area contributed by atoms with E-state index in [4.69, 9.17) is 11.6 Å². The molecule has 1 unspecified atom stereocenters. The minimum Gasteiger partial charge on any atom is -0.395 e. The van der Waals surface area contributed by atoms with Crippen molar-refractivity contribution in [3.05, 3.63) is 34.9 Å². The maximum Gasteiger partial charge on any atom is 0.0587 e. The van der Waals surface area contributed by atoms with Crippen molar-refractivity contribution in [3.63, 3.8) is 0 Å². The molecule has 0 amide bonds. The van der Waals surface area contributed by atoms with E-state index in [0.29, 0.717) is 5.92 Å². The van der Waals surface area contributed by atoms with Crippen LogP contribution in [-0.4, -0.2) is 17.8 Å². The summed E-state index contributed by atoms with van der Waals surface area (Å²) in [6, 6.07) is 8.11. The molecule has 0 aliphatic carbocycles. The van der Waals surface area contributed by atoms with Crippen molar-refractivity contribution in [1.29, 1.82) is 0 Å². The fraction of sp³-hybridized carbons (Fsp3) is 0.538. The van der Waals surface area contributed by atoms with Gasteiger partial charge in [-0.2, -0.15) is 0 Å². The van der Waals surface area contributed by atoms with E-state index in [1.54, 1.807) is 0 Å². The zero-order chi connectivity index (χ0) is 12.1. The Morgan fingerprint density at radius 2 is 2.00 bits per heavy atom. The van der Waals surface area contributed by atoms with Crippen molar-refractivity contribution in [3.8, 4) is 0 Å². The summed E-state index contributed by atoms with van der Waals surface area (Å²) in [6.07, 6.45) is 0. The second kappa shape index (κ2) is 6.24. The molecule has 16 heavy (non-hydrogen) atoms. The Morgan fingerprint density at radius 3 is 2.50 bits per heavy atom. The zero-order valence-electron chi connectivity index (χ0n) is 10.1. The molecule has 90 valence electrons. The second-order valence-corrected chi connectivity index (χ2v) is 4.91. The lowest BCUT2D eigenvalue weighted by molar-refractivity contribution is 0.201. The van der Waals surface area contributed by atoms with E-state index >= 15 is 0 Å². The van der Waals surface area contributed by atoms with Crippen LogP contribution >= 0.6 is 11.6 Å². The maximum atomic E-state index is 9.26. The highest BCUT2D eigenvalue weighted by Gasteiger charge is 2.15. The largest absolute Gasteiger partial charge is 0.395 e. The van der Waals surface area contributed by atoms with E-state index in [1.165, 1.54) is 0 Å². The number of hydrogen-bond donors (Lipinski definition) is 2. The van der Waals surface area contributed by atoms with Gasteiger partial charge in [0.05, 0.1) is 6.61 Å². The Morgan fingerprint density at radius 1 is 1.31 bits per heavy atom. The molecule has 0 aliphatic heterocycles. The third kappa shape index (κ3) is 3.78. The molecule has 0 aromatic heterocycles. The summed E-state index contributed by atoms with van der Waals surface area (Å²) in [5, 5.41) is 13.4. The van der Waals surface area contributed by atoms with Gasteiger partial charge >= 0.3 is 0 Å². The molecule has 1 aromatic rings. The molecule has 0 radical (unpaired) electrons. The fourth-order valence-corrected chi connectivity index (χ4v) is 1.85. The van der Waals surface area contributed by atoms with Crippen molar-refractivity contribution >= 4 is 11.6 Å². The van der Waals surface area contributed by atoms with E-state index < -0.39 is 0 Å². The number of nitrogens with one attached hydrogen (secondary N) is 1. The number of halogens is 1. The normalized spacial score (nSPS) is 15.1. The van der Waals surface area contributed by atoms with E-state index in [1.807, 2.05) is 24.3 Å². The molecule has 0 saturated carbocycles. The van der Waals surface area contributed by atoms with Gasteiger partial charge in [-0.25, -0.2) is 0 Å². The summed E-state index contributed by atoms with van der Waals surface area (Å²) in [6.45, 7) is 6.43. The van der Waals surface area contributed by atoms with E-state index in [9.17, 15) is 5.11 Å². The van der Waals surface area contributed by atoms with Crippen LogP contribution in [0.1, 0.15) is 32.4 Å². The molecule has 2 N–H and O–H groups in total. The van der Waals surface area contributed by atoms with Crippen molar-refractivity contribution in [2.45, 2.75) is 32.9 Å². The van der Waals surface area contributed by atoms with E-state index in [0.717, 1.165) is 10.6 Å². The lowest BCUT2D eigenvalue weighted by Crippen LogP contribution is -2.38. The molecule has 1 rings (SSSR count). The van der Waals surface area contributed by atoms with Crippen LogP contribution in [0, 0.1) is 5.92 Å². The Labute approximate surface area is 103 Å². The van der Waals surface area contributed by atoms with Gasteiger partial charge in [0.25, 0.3) is 0 Å². The molecule has 0 spiro atoms. The van der Waals surface area contributed by atoms with Gasteiger partial charge in [0.2, 0.25) is 0 Å². The first-order valence-corrected chi connectivity index (χ1v) is 6.04. The van der Waals surface area contributed by atoms with Gasteiger partial charge in [-0.3, -0.25) is 0 Å². The van der Waals surface area contributed by atoms with Crippen LogP contribution < -0.4 is 5.32 Å². The fourth-order valence-electron chi connectivity index (χ4n) is 1.65. The minimum atomic E-state index is 0.119. The third-order valence-corrected chi connectivity index (χ3v) is 3.05. The minimum absolute atomic E-state index is 0.119. The third-order valence-electron chi connectivity index (χ3n) is 2.81. The topological polar surface area (TPSA) is 32.3 Å². The molecular weight excluding hydrogens is 222 g/mol. The number of benzene rings is 1. The van der Waals surface area contributed by atoms with Crippen LogP contribution in [0.5, 0.6) is 0 Å². The predicted molar refractivity (Wildman–Crippen MR) is 68.7 cm³/mol. The van der Waals surface area contributed by atoms with Crippen molar-refractivity contribution < 1.29 is 5.11 Å². The average molecular weight is 242 g/mol. The summed E-state index contributed by atoms with van der Waals surface area (Å²) in [4.78, 5) is 0. The summed E-state index contributed by atoms with van der Waals surface area (Å²) in [5.41, 5.74) is 1.15. The summed E-state index contributed by atoms with van der Waals surface area (Å²) in [7, 11) is 0. The van der Waals surface area contributed by atoms with Crippen LogP contribution in [0.2, 0.25) is 5.02 Å². The standard InChI is InChI=1S/C13H20ClNO/c1-9(2)13(8-16)15-10(3)11-5-4-6-12(14)7-11/h4-7,9-10,13,15-16H,8H2,1-3H3/t10?,13-/m1/s1. The first-order chi connectivity index (χ1) is 7.54. The Kier molecular flexibility index (Phi) is 5.26. The average Bonchev–Trinajstić information content (AvgIpc) is 2.25. The van der Waals surface area contributed by atoms with Gasteiger partial charge < -0.3 is 10.4 Å². The van der Waals surface area contributed by atoms with Gasteiger partial charge in [0.15, 0.2) is 0 Å². The maximum absolute atomic E-state index is 9.26. The number of rotatable bonds is 5. The van der Waals surface area contributed by atoms with Crippen molar-refractivity contribution in [1.82, 2.24) is 5.32 Å². The molecule has 0 heterocycles. The van der Waals surface area contributed by atoms with Crippen molar-refractivity contribution in [2.24, 2.45) is 5.92 Å². The van der Waals surface area contributed by atoms with Crippen LogP contribution in [0.4, 0.5) is 0 Å². The van der Waals surface area contributed by atoms with Gasteiger partial charge in [-0.05, 0) is 30.5 Å². The lowest BCUT2D eigenvalue weighted by Gasteiger charge is -2.25. The molecule has 0 aliphatic rings. The highest BCUT2D eigenvalue weighted by molar-refractivity contribution is 6.30. The first-order valence-electron chi connectivity index (χ1n) is 5.67. The van der Waals surface area contributed by atoms with Gasteiger partial charge in [0, 0.05) is 17.1 Å².